The lowest BCUT2D eigenvalue weighted by molar-refractivity contribution is 0.0968. The van der Waals surface area contributed by atoms with Crippen LogP contribution in [0.5, 0.6) is 0 Å². The minimum atomic E-state index is -2.91. The van der Waals surface area contributed by atoms with Gasteiger partial charge in [-0.3, -0.25) is 0 Å². The molecule has 0 saturated carbocycles. The van der Waals surface area contributed by atoms with Gasteiger partial charge in [-0.1, -0.05) is 6.92 Å². The van der Waals surface area contributed by atoms with E-state index in [2.05, 4.69) is 5.32 Å². The maximum atomic E-state index is 11.2. The Morgan fingerprint density at radius 1 is 1.53 bits per heavy atom. The van der Waals surface area contributed by atoms with E-state index in [0.29, 0.717) is 0 Å². The first-order chi connectivity index (χ1) is 7.01. The van der Waals surface area contributed by atoms with Crippen LogP contribution in [-0.2, 0) is 14.6 Å². The summed E-state index contributed by atoms with van der Waals surface area (Å²) >= 11 is 0. The molecule has 1 aliphatic rings. The number of hydrogen-bond donors (Lipinski definition) is 1. The third-order valence-corrected chi connectivity index (χ3v) is 3.58. The predicted octanol–water partition coefficient (Wildman–Crippen LogP) is 0.578. The van der Waals surface area contributed by atoms with Gasteiger partial charge in [-0.25, -0.2) is 8.42 Å². The molecule has 4 nitrogen and oxygen atoms in total. The van der Waals surface area contributed by atoms with Crippen molar-refractivity contribution in [1.82, 2.24) is 5.32 Å². The Labute approximate surface area is 92.3 Å². The smallest absolute Gasteiger partial charge is 0.148 e. The number of hydrogen-bond acceptors (Lipinski definition) is 4. The van der Waals surface area contributed by atoms with Crippen molar-refractivity contribution in [3.05, 3.63) is 0 Å². The van der Waals surface area contributed by atoms with Crippen LogP contribution in [0.3, 0.4) is 0 Å². The van der Waals surface area contributed by atoms with Crippen LogP contribution in [0.1, 0.15) is 26.2 Å². The van der Waals surface area contributed by atoms with Gasteiger partial charge in [-0.15, -0.1) is 0 Å². The summed E-state index contributed by atoms with van der Waals surface area (Å²) in [6.07, 6.45) is 4.50. The SMILES string of the molecule is CCNC(CC1CCCO1)CS(C)(=O)=O. The lowest BCUT2D eigenvalue weighted by atomic mass is 10.1. The van der Waals surface area contributed by atoms with Gasteiger partial charge in [0, 0.05) is 18.9 Å². The Hall–Kier alpha value is -0.130. The van der Waals surface area contributed by atoms with E-state index >= 15 is 0 Å². The zero-order valence-electron chi connectivity index (χ0n) is 9.53. The highest BCUT2D eigenvalue weighted by Gasteiger charge is 2.22. The van der Waals surface area contributed by atoms with Crippen molar-refractivity contribution in [3.8, 4) is 0 Å². The van der Waals surface area contributed by atoms with E-state index in [-0.39, 0.29) is 17.9 Å². The van der Waals surface area contributed by atoms with Gasteiger partial charge in [0.25, 0.3) is 0 Å². The minimum Gasteiger partial charge on any atom is -0.378 e. The molecule has 90 valence electrons. The van der Waals surface area contributed by atoms with Crippen LogP contribution in [0.4, 0.5) is 0 Å². The second-order valence-electron chi connectivity index (χ2n) is 4.22. The van der Waals surface area contributed by atoms with E-state index in [1.54, 1.807) is 0 Å². The molecular weight excluding hydrogens is 214 g/mol. The quantitative estimate of drug-likeness (QED) is 0.731. The fourth-order valence-electron chi connectivity index (χ4n) is 2.01. The molecule has 0 spiro atoms. The van der Waals surface area contributed by atoms with E-state index in [4.69, 9.17) is 4.74 Å². The Morgan fingerprint density at radius 2 is 2.27 bits per heavy atom. The molecule has 15 heavy (non-hydrogen) atoms. The molecule has 1 aliphatic heterocycles. The first-order valence-corrected chi connectivity index (χ1v) is 7.60. The van der Waals surface area contributed by atoms with Crippen molar-refractivity contribution >= 4 is 9.84 Å². The number of nitrogens with one attached hydrogen (secondary N) is 1. The normalized spacial score (nSPS) is 24.3. The monoisotopic (exact) mass is 235 g/mol. The van der Waals surface area contributed by atoms with Crippen LogP contribution < -0.4 is 5.32 Å². The van der Waals surface area contributed by atoms with E-state index in [1.807, 2.05) is 6.92 Å². The molecular formula is C10H21NO3S. The van der Waals surface area contributed by atoms with Crippen LogP contribution in [0.25, 0.3) is 0 Å². The van der Waals surface area contributed by atoms with Crippen molar-refractivity contribution in [2.24, 2.45) is 0 Å². The Balaban J connectivity index is 2.42. The van der Waals surface area contributed by atoms with E-state index in [0.717, 1.165) is 32.4 Å². The fraction of sp³-hybridized carbons (Fsp3) is 1.00. The minimum absolute atomic E-state index is 0.0353. The molecule has 0 aliphatic carbocycles. The molecule has 2 atom stereocenters. The summed E-state index contributed by atoms with van der Waals surface area (Å²) < 4.78 is 27.9. The first kappa shape index (κ1) is 12.9. The summed E-state index contributed by atoms with van der Waals surface area (Å²) in [4.78, 5) is 0. The van der Waals surface area contributed by atoms with Gasteiger partial charge in [0.05, 0.1) is 11.9 Å². The summed E-state index contributed by atoms with van der Waals surface area (Å²) in [6.45, 7) is 3.61. The largest absolute Gasteiger partial charge is 0.378 e. The maximum absolute atomic E-state index is 11.2. The predicted molar refractivity (Wildman–Crippen MR) is 60.8 cm³/mol. The molecule has 0 amide bonds. The Bertz CT molecular complexity index is 270. The third-order valence-electron chi connectivity index (χ3n) is 2.57. The van der Waals surface area contributed by atoms with Gasteiger partial charge in [0.1, 0.15) is 9.84 Å². The topological polar surface area (TPSA) is 55.4 Å². The molecule has 0 bridgehead atoms. The Morgan fingerprint density at radius 3 is 2.73 bits per heavy atom. The average Bonchev–Trinajstić information content (AvgIpc) is 2.54. The highest BCUT2D eigenvalue weighted by molar-refractivity contribution is 7.90. The number of sulfone groups is 1. The third kappa shape index (κ3) is 5.49. The zero-order valence-corrected chi connectivity index (χ0v) is 10.3. The zero-order chi connectivity index (χ0) is 11.3. The molecule has 0 aromatic carbocycles. The van der Waals surface area contributed by atoms with Crippen molar-refractivity contribution < 1.29 is 13.2 Å². The van der Waals surface area contributed by atoms with E-state index in [9.17, 15) is 8.42 Å². The molecule has 0 aromatic rings. The molecule has 1 rings (SSSR count). The van der Waals surface area contributed by atoms with E-state index < -0.39 is 9.84 Å². The molecule has 1 fully saturated rings. The highest BCUT2D eigenvalue weighted by Crippen LogP contribution is 2.17. The molecule has 1 saturated heterocycles. The van der Waals surface area contributed by atoms with Crippen molar-refractivity contribution in [3.63, 3.8) is 0 Å². The van der Waals surface area contributed by atoms with Crippen LogP contribution in [-0.4, -0.2) is 45.7 Å². The molecule has 2 unspecified atom stereocenters. The van der Waals surface area contributed by atoms with E-state index in [1.165, 1.54) is 6.26 Å². The van der Waals surface area contributed by atoms with Crippen LogP contribution in [0.2, 0.25) is 0 Å². The second-order valence-corrected chi connectivity index (χ2v) is 6.40. The maximum Gasteiger partial charge on any atom is 0.148 e. The molecule has 1 heterocycles. The second kappa shape index (κ2) is 5.82. The van der Waals surface area contributed by atoms with Crippen LogP contribution in [0.15, 0.2) is 0 Å². The first-order valence-electron chi connectivity index (χ1n) is 5.54. The average molecular weight is 235 g/mol. The molecule has 1 N–H and O–H groups in total. The highest BCUT2D eigenvalue weighted by atomic mass is 32.2. The van der Waals surface area contributed by atoms with Gasteiger partial charge in [0.2, 0.25) is 0 Å². The summed E-state index contributed by atoms with van der Waals surface area (Å²) in [5, 5.41) is 3.21. The van der Waals surface area contributed by atoms with Crippen LogP contribution in [0, 0.1) is 0 Å². The fourth-order valence-corrected chi connectivity index (χ4v) is 3.00. The summed E-state index contributed by atoms with van der Waals surface area (Å²) in [5.41, 5.74) is 0. The van der Waals surface area contributed by atoms with Gasteiger partial charge >= 0.3 is 0 Å². The summed E-state index contributed by atoms with van der Waals surface area (Å²) in [7, 11) is -2.91. The number of ether oxygens (including phenoxy) is 1. The lowest BCUT2D eigenvalue weighted by Crippen LogP contribution is -2.38. The molecule has 0 aromatic heterocycles. The summed E-state index contributed by atoms with van der Waals surface area (Å²) in [6, 6.07) is 0.0353. The molecule has 5 heteroatoms. The number of rotatable bonds is 6. The van der Waals surface area contributed by atoms with Gasteiger partial charge in [-0.05, 0) is 25.8 Å². The van der Waals surface area contributed by atoms with Crippen molar-refractivity contribution in [2.75, 3.05) is 25.2 Å². The lowest BCUT2D eigenvalue weighted by Gasteiger charge is -2.20. The summed E-state index contributed by atoms with van der Waals surface area (Å²) in [5.74, 6) is 0.209. The van der Waals surface area contributed by atoms with Gasteiger partial charge < -0.3 is 10.1 Å². The van der Waals surface area contributed by atoms with Crippen LogP contribution >= 0.6 is 0 Å². The standard InChI is InChI=1S/C10H21NO3S/c1-3-11-9(8-15(2,12)13)7-10-5-4-6-14-10/h9-11H,3-8H2,1-2H3. The van der Waals surface area contributed by atoms with Crippen molar-refractivity contribution in [2.45, 2.75) is 38.3 Å². The Kier molecular flexibility index (Phi) is 5.02. The molecule has 0 radical (unpaired) electrons. The van der Waals surface area contributed by atoms with Gasteiger partial charge in [-0.2, -0.15) is 0 Å². The van der Waals surface area contributed by atoms with Gasteiger partial charge in [0.15, 0.2) is 0 Å². The van der Waals surface area contributed by atoms with Crippen molar-refractivity contribution in [1.29, 1.82) is 0 Å².